The number of hydrogen-bond acceptors (Lipinski definition) is 0. The predicted octanol–water partition coefficient (Wildman–Crippen LogP) is 5.67. The lowest BCUT2D eigenvalue weighted by molar-refractivity contribution is 0.489. The predicted molar refractivity (Wildman–Crippen MR) is 68.7 cm³/mol. The number of unbranched alkanes of at least 4 members (excludes halogenated alkanes) is 4. The largest absolute Gasteiger partial charge is 0.0776 e. The summed E-state index contributed by atoms with van der Waals surface area (Å²) in [6, 6.07) is 0. The molecule has 0 aliphatic carbocycles. The fourth-order valence-corrected chi connectivity index (χ4v) is 1.64. The molecular weight excluding hydrogens is 168 g/mol. The number of hydrogen-bond donors (Lipinski definition) is 0. The zero-order valence-electron chi connectivity index (χ0n) is 10.1. The molecule has 0 heterocycles. The van der Waals surface area contributed by atoms with Crippen molar-refractivity contribution in [2.24, 2.45) is 11.8 Å². The Hall–Kier alpha value is 0. The molecule has 14 heavy (non-hydrogen) atoms. The van der Waals surface area contributed by atoms with Crippen molar-refractivity contribution in [1.29, 1.82) is 0 Å². The SMILES string of the molecule is C.CC(C)CCCCCCCC(C)C. The first-order valence-electron chi connectivity index (χ1n) is 6.13. The summed E-state index contributed by atoms with van der Waals surface area (Å²) >= 11 is 0. The fraction of sp³-hybridized carbons (Fsp3) is 1.00. The van der Waals surface area contributed by atoms with Crippen LogP contribution < -0.4 is 0 Å². The summed E-state index contributed by atoms with van der Waals surface area (Å²) in [5, 5.41) is 0. The zero-order valence-corrected chi connectivity index (χ0v) is 10.1. The second-order valence-corrected chi connectivity index (χ2v) is 5.13. The van der Waals surface area contributed by atoms with Crippen molar-refractivity contribution in [3.05, 3.63) is 0 Å². The molecule has 0 heteroatoms. The molecule has 0 aromatic carbocycles. The van der Waals surface area contributed by atoms with Crippen molar-refractivity contribution in [2.45, 2.75) is 80.1 Å². The van der Waals surface area contributed by atoms with Crippen LogP contribution >= 0.6 is 0 Å². The molecule has 0 aliphatic rings. The fourth-order valence-electron chi connectivity index (χ4n) is 1.64. The Kier molecular flexibility index (Phi) is 13.0. The zero-order chi connectivity index (χ0) is 10.1. The van der Waals surface area contributed by atoms with Gasteiger partial charge in [-0.05, 0) is 11.8 Å². The molecule has 0 amide bonds. The van der Waals surface area contributed by atoms with Gasteiger partial charge in [-0.1, -0.05) is 80.1 Å². The van der Waals surface area contributed by atoms with Gasteiger partial charge < -0.3 is 0 Å². The molecule has 0 radical (unpaired) electrons. The third-order valence-electron chi connectivity index (χ3n) is 2.56. The van der Waals surface area contributed by atoms with Gasteiger partial charge in [0.15, 0.2) is 0 Å². The molecule has 0 saturated heterocycles. The van der Waals surface area contributed by atoms with E-state index in [1.807, 2.05) is 0 Å². The van der Waals surface area contributed by atoms with Gasteiger partial charge in [-0.15, -0.1) is 0 Å². The molecular formula is C14H32. The van der Waals surface area contributed by atoms with Crippen LogP contribution in [0.5, 0.6) is 0 Å². The molecule has 0 nitrogen and oxygen atoms in total. The van der Waals surface area contributed by atoms with Gasteiger partial charge >= 0.3 is 0 Å². The normalized spacial score (nSPS) is 10.7. The van der Waals surface area contributed by atoms with E-state index in [0.29, 0.717) is 0 Å². The van der Waals surface area contributed by atoms with E-state index >= 15 is 0 Å². The van der Waals surface area contributed by atoms with Crippen LogP contribution in [0.4, 0.5) is 0 Å². The Balaban J connectivity index is 0. The number of rotatable bonds is 8. The van der Waals surface area contributed by atoms with E-state index in [0.717, 1.165) is 11.8 Å². The maximum absolute atomic E-state index is 2.32. The maximum Gasteiger partial charge on any atom is -0.0471 e. The second kappa shape index (κ2) is 11.1. The van der Waals surface area contributed by atoms with Crippen molar-refractivity contribution >= 4 is 0 Å². The molecule has 0 bridgehead atoms. The first kappa shape index (κ1) is 16.4. The average molecular weight is 200 g/mol. The highest BCUT2D eigenvalue weighted by Gasteiger charge is 1.96. The first-order chi connectivity index (χ1) is 6.13. The smallest absolute Gasteiger partial charge is 0.0471 e. The Bertz CT molecular complexity index is 80.2. The Morgan fingerprint density at radius 3 is 1.14 bits per heavy atom. The van der Waals surface area contributed by atoms with E-state index in [4.69, 9.17) is 0 Å². The van der Waals surface area contributed by atoms with Gasteiger partial charge in [0.05, 0.1) is 0 Å². The van der Waals surface area contributed by atoms with Crippen LogP contribution in [0.2, 0.25) is 0 Å². The van der Waals surface area contributed by atoms with Gasteiger partial charge in [-0.25, -0.2) is 0 Å². The topological polar surface area (TPSA) is 0 Å². The van der Waals surface area contributed by atoms with Crippen LogP contribution in [-0.4, -0.2) is 0 Å². The third kappa shape index (κ3) is 14.5. The van der Waals surface area contributed by atoms with E-state index in [-0.39, 0.29) is 7.43 Å². The van der Waals surface area contributed by atoms with Gasteiger partial charge in [0, 0.05) is 0 Å². The summed E-state index contributed by atoms with van der Waals surface area (Å²) in [6.45, 7) is 9.27. The molecule has 0 unspecified atom stereocenters. The van der Waals surface area contributed by atoms with Crippen molar-refractivity contribution in [3.63, 3.8) is 0 Å². The lowest BCUT2D eigenvalue weighted by Crippen LogP contribution is -1.89. The van der Waals surface area contributed by atoms with Crippen molar-refractivity contribution < 1.29 is 0 Å². The summed E-state index contributed by atoms with van der Waals surface area (Å²) in [7, 11) is 0. The van der Waals surface area contributed by atoms with Gasteiger partial charge in [-0.2, -0.15) is 0 Å². The molecule has 88 valence electrons. The molecule has 0 rings (SSSR count). The summed E-state index contributed by atoms with van der Waals surface area (Å²) < 4.78 is 0. The highest BCUT2D eigenvalue weighted by atomic mass is 14.0. The summed E-state index contributed by atoms with van der Waals surface area (Å²) in [5.74, 6) is 1.80. The van der Waals surface area contributed by atoms with Crippen molar-refractivity contribution in [2.75, 3.05) is 0 Å². The minimum atomic E-state index is 0. The molecule has 0 aliphatic heterocycles. The lowest BCUT2D eigenvalue weighted by atomic mass is 10.0. The van der Waals surface area contributed by atoms with E-state index in [2.05, 4.69) is 27.7 Å². The van der Waals surface area contributed by atoms with E-state index in [1.165, 1.54) is 44.9 Å². The van der Waals surface area contributed by atoms with Gasteiger partial charge in [-0.3, -0.25) is 0 Å². The molecule has 0 aromatic rings. The second-order valence-electron chi connectivity index (χ2n) is 5.13. The minimum absolute atomic E-state index is 0. The van der Waals surface area contributed by atoms with Crippen LogP contribution in [-0.2, 0) is 0 Å². The van der Waals surface area contributed by atoms with Crippen LogP contribution in [0.25, 0.3) is 0 Å². The van der Waals surface area contributed by atoms with Crippen LogP contribution in [0.1, 0.15) is 80.1 Å². The average Bonchev–Trinajstić information content (AvgIpc) is 2.01. The highest BCUT2D eigenvalue weighted by Crippen LogP contribution is 2.13. The van der Waals surface area contributed by atoms with Crippen LogP contribution in [0.3, 0.4) is 0 Å². The van der Waals surface area contributed by atoms with Gasteiger partial charge in [0.1, 0.15) is 0 Å². The maximum atomic E-state index is 2.32. The quantitative estimate of drug-likeness (QED) is 0.443. The van der Waals surface area contributed by atoms with Crippen LogP contribution in [0.15, 0.2) is 0 Å². The highest BCUT2D eigenvalue weighted by molar-refractivity contribution is 4.50. The molecule has 0 N–H and O–H groups in total. The Morgan fingerprint density at radius 1 is 0.571 bits per heavy atom. The lowest BCUT2D eigenvalue weighted by Gasteiger charge is -2.05. The van der Waals surface area contributed by atoms with Crippen LogP contribution in [0, 0.1) is 11.8 Å². The monoisotopic (exact) mass is 200 g/mol. The Morgan fingerprint density at radius 2 is 0.857 bits per heavy atom. The Labute approximate surface area is 92.5 Å². The summed E-state index contributed by atoms with van der Waals surface area (Å²) in [5.41, 5.74) is 0. The molecule has 0 spiro atoms. The van der Waals surface area contributed by atoms with E-state index < -0.39 is 0 Å². The molecule has 0 atom stereocenters. The first-order valence-corrected chi connectivity index (χ1v) is 6.13. The van der Waals surface area contributed by atoms with Gasteiger partial charge in [0.25, 0.3) is 0 Å². The summed E-state index contributed by atoms with van der Waals surface area (Å²) in [6.07, 6.45) is 10.1. The standard InChI is InChI=1S/C13H28.CH4/c1-12(2)10-8-6-5-7-9-11-13(3)4;/h12-13H,5-11H2,1-4H3;1H4. The minimum Gasteiger partial charge on any atom is -0.0776 e. The molecule has 0 fully saturated rings. The summed E-state index contributed by atoms with van der Waals surface area (Å²) in [4.78, 5) is 0. The van der Waals surface area contributed by atoms with Crippen molar-refractivity contribution in [3.8, 4) is 0 Å². The van der Waals surface area contributed by atoms with E-state index in [9.17, 15) is 0 Å². The van der Waals surface area contributed by atoms with Gasteiger partial charge in [0.2, 0.25) is 0 Å². The molecule has 0 saturated carbocycles. The van der Waals surface area contributed by atoms with Crippen molar-refractivity contribution in [1.82, 2.24) is 0 Å². The van der Waals surface area contributed by atoms with E-state index in [1.54, 1.807) is 0 Å². The third-order valence-corrected chi connectivity index (χ3v) is 2.56. The molecule has 0 aromatic heterocycles.